The average Bonchev–Trinajstić information content (AvgIpc) is 2.96. The van der Waals surface area contributed by atoms with Crippen molar-refractivity contribution in [3.05, 3.63) is 23.8 Å². The number of aliphatic hydroxyl groups excluding tert-OH is 2. The Bertz CT molecular complexity index is 976. The number of hydrogen-bond donors (Lipinski definition) is 3. The van der Waals surface area contributed by atoms with Gasteiger partial charge in [-0.15, -0.1) is 0 Å². The fourth-order valence-corrected chi connectivity index (χ4v) is 7.93. The number of nitrogens with one attached hydrogen (secondary N) is 1. The molecule has 0 radical (unpaired) electrons. The number of Topliss-reactive ketones (excluding diaryl/α,β-unsaturated/α-hetero) is 1. The second kappa shape index (κ2) is 7.98. The summed E-state index contributed by atoms with van der Waals surface area (Å²) >= 11 is 0. The van der Waals surface area contributed by atoms with Crippen molar-refractivity contribution in [2.24, 2.45) is 28.6 Å². The van der Waals surface area contributed by atoms with Crippen molar-refractivity contribution in [2.45, 2.75) is 83.7 Å². The second-order valence-electron chi connectivity index (χ2n) is 11.4. The number of ketones is 2. The maximum absolute atomic E-state index is 17.3. The van der Waals surface area contributed by atoms with Crippen LogP contribution in [0.1, 0.15) is 60.3 Å². The molecule has 0 saturated heterocycles. The van der Waals surface area contributed by atoms with Gasteiger partial charge in [0, 0.05) is 28.7 Å². The van der Waals surface area contributed by atoms with Gasteiger partial charge in [-0.3, -0.25) is 9.59 Å². The van der Waals surface area contributed by atoms with Crippen LogP contribution in [0, 0.1) is 28.6 Å². The zero-order chi connectivity index (χ0) is 25.3. The Morgan fingerprint density at radius 2 is 1.97 bits per heavy atom. The number of alkyl carbamates (subject to hydrolysis) is 1. The van der Waals surface area contributed by atoms with Gasteiger partial charge < -0.3 is 20.3 Å². The lowest BCUT2D eigenvalue weighted by Crippen LogP contribution is -2.70. The third-order valence-electron chi connectivity index (χ3n) is 9.40. The number of hydrogen-bond acceptors (Lipinski definition) is 6. The van der Waals surface area contributed by atoms with Crippen LogP contribution in [0.15, 0.2) is 23.8 Å². The van der Waals surface area contributed by atoms with Crippen LogP contribution >= 0.6 is 0 Å². The summed E-state index contributed by atoms with van der Waals surface area (Å²) in [6.07, 6.45) is 3.41. The Morgan fingerprint density at radius 1 is 1.29 bits per heavy atom. The summed E-state index contributed by atoms with van der Waals surface area (Å²) in [5, 5.41) is 24.0. The molecular formula is C26H36FNO6. The number of fused-ring (bicyclic) bond motifs is 5. The van der Waals surface area contributed by atoms with Gasteiger partial charge in [-0.25, -0.2) is 9.18 Å². The molecule has 0 bridgehead atoms. The third-order valence-corrected chi connectivity index (χ3v) is 9.40. The predicted molar refractivity (Wildman–Crippen MR) is 122 cm³/mol. The molecule has 7 nitrogen and oxygen atoms in total. The molecule has 0 aromatic carbocycles. The first-order valence-electron chi connectivity index (χ1n) is 12.2. The van der Waals surface area contributed by atoms with Gasteiger partial charge in [-0.1, -0.05) is 25.5 Å². The first kappa shape index (κ1) is 25.0. The smallest absolute Gasteiger partial charge is 0.408 e. The van der Waals surface area contributed by atoms with Crippen LogP contribution in [0.4, 0.5) is 9.18 Å². The molecule has 0 aromatic rings. The van der Waals surface area contributed by atoms with E-state index in [1.807, 2.05) is 0 Å². The zero-order valence-corrected chi connectivity index (χ0v) is 20.6. The highest BCUT2D eigenvalue weighted by atomic mass is 19.1. The van der Waals surface area contributed by atoms with Crippen molar-refractivity contribution in [3.63, 3.8) is 0 Å². The van der Waals surface area contributed by atoms with Crippen molar-refractivity contribution in [1.29, 1.82) is 0 Å². The van der Waals surface area contributed by atoms with Crippen LogP contribution in [-0.4, -0.2) is 57.9 Å². The molecule has 8 atom stereocenters. The van der Waals surface area contributed by atoms with Gasteiger partial charge in [0.1, 0.15) is 6.61 Å². The Hall–Kier alpha value is -2.06. The average molecular weight is 478 g/mol. The van der Waals surface area contributed by atoms with E-state index in [-0.39, 0.29) is 24.2 Å². The van der Waals surface area contributed by atoms with Gasteiger partial charge in [0.15, 0.2) is 17.1 Å². The normalized spacial score (nSPS) is 45.2. The molecule has 4 aliphatic rings. The minimum absolute atomic E-state index is 0.111. The largest absolute Gasteiger partial charge is 0.434 e. The van der Waals surface area contributed by atoms with Crippen LogP contribution < -0.4 is 5.32 Å². The molecule has 8 heteroatoms. The van der Waals surface area contributed by atoms with Gasteiger partial charge in [0.05, 0.1) is 6.10 Å². The summed E-state index contributed by atoms with van der Waals surface area (Å²) in [4.78, 5) is 38.0. The topological polar surface area (TPSA) is 113 Å². The molecule has 0 spiro atoms. The molecule has 188 valence electrons. The SMILES string of the molecule is CC(C)NC(=O)O[C@@]1(C(=O)CO)[C@@H](C)CC2C3CCC4=CC(=O)C=C[C@]4(C)C3(F)[C@@H](O)C[C@@]21C. The number of alkyl halides is 1. The minimum atomic E-state index is -2.04. The van der Waals surface area contributed by atoms with Crippen LogP contribution in [-0.2, 0) is 14.3 Å². The fraction of sp³-hybridized carbons (Fsp3) is 0.731. The zero-order valence-electron chi connectivity index (χ0n) is 20.6. The number of aliphatic hydroxyl groups is 2. The Morgan fingerprint density at radius 3 is 2.59 bits per heavy atom. The first-order valence-corrected chi connectivity index (χ1v) is 12.2. The molecule has 0 aliphatic heterocycles. The number of amides is 1. The van der Waals surface area contributed by atoms with Crippen molar-refractivity contribution in [1.82, 2.24) is 5.32 Å². The number of rotatable bonds is 4. The third kappa shape index (κ3) is 3.03. The van der Waals surface area contributed by atoms with E-state index >= 15 is 4.39 Å². The molecule has 3 saturated carbocycles. The molecular weight excluding hydrogens is 441 g/mol. The molecule has 4 aliphatic carbocycles. The van der Waals surface area contributed by atoms with Crippen LogP contribution in [0.25, 0.3) is 0 Å². The Kier molecular flexibility index (Phi) is 5.88. The van der Waals surface area contributed by atoms with Gasteiger partial charge >= 0.3 is 6.09 Å². The number of allylic oxidation sites excluding steroid dienone is 4. The molecule has 3 N–H and O–H groups in total. The quantitative estimate of drug-likeness (QED) is 0.574. The van der Waals surface area contributed by atoms with Crippen molar-refractivity contribution in [2.75, 3.05) is 6.61 Å². The van der Waals surface area contributed by atoms with Crippen LogP contribution in [0.2, 0.25) is 0 Å². The Balaban J connectivity index is 1.81. The lowest BCUT2D eigenvalue weighted by molar-refractivity contribution is -0.219. The molecule has 1 amide bonds. The summed E-state index contributed by atoms with van der Waals surface area (Å²) in [6.45, 7) is 8.02. The monoisotopic (exact) mass is 477 g/mol. The van der Waals surface area contributed by atoms with E-state index in [4.69, 9.17) is 4.74 Å². The molecule has 34 heavy (non-hydrogen) atoms. The first-order chi connectivity index (χ1) is 15.8. The summed E-state index contributed by atoms with van der Waals surface area (Å²) in [5.41, 5.74) is -5.28. The standard InChI is InChI=1S/C26H36FNO6/c1-14(2)28-22(33)34-26(21(32)13-29)15(3)10-19-18-7-6-16-11-17(30)8-9-23(16,4)25(18,27)20(31)12-24(19,26)5/h8-9,11,14-15,18-20,29,31H,6-7,10,12-13H2,1-5H3,(H,28,33)/t15-,18?,19?,20-,23-,24-,25?,26+/m0/s1. The molecule has 0 aromatic heterocycles. The van der Waals surface area contributed by atoms with E-state index in [9.17, 15) is 24.6 Å². The van der Waals surface area contributed by atoms with E-state index in [1.165, 1.54) is 12.2 Å². The Labute approximate surface area is 199 Å². The molecule has 4 rings (SSSR count). The molecule has 0 heterocycles. The highest BCUT2D eigenvalue weighted by Crippen LogP contribution is 2.71. The summed E-state index contributed by atoms with van der Waals surface area (Å²) in [5.74, 6) is -2.29. The van der Waals surface area contributed by atoms with E-state index in [1.54, 1.807) is 40.7 Å². The molecule has 3 fully saturated rings. The predicted octanol–water partition coefficient (Wildman–Crippen LogP) is 3.04. The van der Waals surface area contributed by atoms with Crippen LogP contribution in [0.3, 0.4) is 0 Å². The lowest BCUT2D eigenvalue weighted by atomic mass is 9.44. The highest BCUT2D eigenvalue weighted by molar-refractivity contribution is 6.01. The second-order valence-corrected chi connectivity index (χ2v) is 11.4. The van der Waals surface area contributed by atoms with Gasteiger partial charge in [-0.05, 0) is 64.5 Å². The summed E-state index contributed by atoms with van der Waals surface area (Å²) in [7, 11) is 0. The number of halogens is 1. The fourth-order valence-electron chi connectivity index (χ4n) is 7.93. The van der Waals surface area contributed by atoms with E-state index < -0.39 is 58.5 Å². The molecule has 3 unspecified atom stereocenters. The number of carbonyl (C=O) groups is 3. The maximum Gasteiger partial charge on any atom is 0.408 e. The highest BCUT2D eigenvalue weighted by Gasteiger charge is 2.77. The van der Waals surface area contributed by atoms with E-state index in [0.29, 0.717) is 24.8 Å². The van der Waals surface area contributed by atoms with Crippen LogP contribution in [0.5, 0.6) is 0 Å². The number of ether oxygens (including phenoxy) is 1. The van der Waals surface area contributed by atoms with Gasteiger partial charge in [-0.2, -0.15) is 0 Å². The van der Waals surface area contributed by atoms with Crippen molar-refractivity contribution < 1.29 is 33.7 Å². The maximum atomic E-state index is 17.3. The minimum Gasteiger partial charge on any atom is -0.434 e. The number of carbonyl (C=O) groups excluding carboxylic acids is 3. The summed E-state index contributed by atoms with van der Waals surface area (Å²) < 4.78 is 23.1. The van der Waals surface area contributed by atoms with Gasteiger partial charge in [0.2, 0.25) is 5.78 Å². The van der Waals surface area contributed by atoms with Crippen molar-refractivity contribution in [3.8, 4) is 0 Å². The van der Waals surface area contributed by atoms with E-state index in [0.717, 1.165) is 0 Å². The lowest BCUT2D eigenvalue weighted by Gasteiger charge is -2.62. The van der Waals surface area contributed by atoms with Crippen molar-refractivity contribution >= 4 is 17.7 Å². The van der Waals surface area contributed by atoms with Gasteiger partial charge in [0.25, 0.3) is 0 Å². The van der Waals surface area contributed by atoms with E-state index in [2.05, 4.69) is 5.32 Å². The summed E-state index contributed by atoms with van der Waals surface area (Å²) in [6, 6.07) is -0.228.